The first-order chi connectivity index (χ1) is 9.39. The molecule has 20 heavy (non-hydrogen) atoms. The van der Waals surface area contributed by atoms with Crippen molar-refractivity contribution in [3.63, 3.8) is 0 Å². The number of anilines is 2. The quantitative estimate of drug-likeness (QED) is 0.596. The molecule has 0 aliphatic carbocycles. The van der Waals surface area contributed by atoms with Gasteiger partial charge >= 0.3 is 5.97 Å². The van der Waals surface area contributed by atoms with Crippen molar-refractivity contribution in [1.82, 2.24) is 9.71 Å². The van der Waals surface area contributed by atoms with Gasteiger partial charge in [0, 0.05) is 6.54 Å². The van der Waals surface area contributed by atoms with Gasteiger partial charge in [-0.15, -0.1) is 0 Å². The molecule has 1 aromatic heterocycles. The van der Waals surface area contributed by atoms with Crippen LogP contribution in [0.2, 0.25) is 0 Å². The van der Waals surface area contributed by atoms with Gasteiger partial charge in [-0.2, -0.15) is 0 Å². The molecule has 1 aromatic rings. The molecule has 0 spiro atoms. The number of aromatic nitrogens is 1. The largest absolute Gasteiger partial charge is 0.462 e. The zero-order valence-corrected chi connectivity index (χ0v) is 12.2. The maximum absolute atomic E-state index is 11.6. The number of ether oxygens (including phenoxy) is 1. The van der Waals surface area contributed by atoms with E-state index in [4.69, 9.17) is 10.5 Å². The fraction of sp³-hybridized carbons (Fsp3) is 0.455. The Hall–Kier alpha value is -1.87. The maximum atomic E-state index is 11.6. The predicted octanol–water partition coefficient (Wildman–Crippen LogP) is -0.198. The van der Waals surface area contributed by atoms with E-state index in [0.717, 1.165) is 0 Å². The lowest BCUT2D eigenvalue weighted by molar-refractivity contribution is 0.0527. The normalized spacial score (nSPS) is 11.1. The lowest BCUT2D eigenvalue weighted by Crippen LogP contribution is -2.26. The van der Waals surface area contributed by atoms with Gasteiger partial charge in [-0.1, -0.05) is 0 Å². The summed E-state index contributed by atoms with van der Waals surface area (Å²) in [5.74, 6) is -0.295. The minimum absolute atomic E-state index is 0.107. The van der Waals surface area contributed by atoms with E-state index >= 15 is 0 Å². The highest BCUT2D eigenvalue weighted by molar-refractivity contribution is 7.89. The number of hydrogen-bond donors (Lipinski definition) is 3. The summed E-state index contributed by atoms with van der Waals surface area (Å²) < 4.78 is 29.5. The van der Waals surface area contributed by atoms with E-state index in [0.29, 0.717) is 5.82 Å². The molecule has 9 heteroatoms. The fourth-order valence-electron chi connectivity index (χ4n) is 1.36. The summed E-state index contributed by atoms with van der Waals surface area (Å²) in [6.45, 7) is 2.09. The van der Waals surface area contributed by atoms with Crippen LogP contribution in [-0.2, 0) is 14.8 Å². The Morgan fingerprint density at radius 1 is 1.50 bits per heavy atom. The molecule has 0 fully saturated rings. The molecule has 0 saturated carbocycles. The van der Waals surface area contributed by atoms with Gasteiger partial charge in [-0.05, 0) is 20.0 Å². The Morgan fingerprint density at radius 3 is 2.80 bits per heavy atom. The van der Waals surface area contributed by atoms with Crippen LogP contribution >= 0.6 is 0 Å². The number of nitrogens with two attached hydrogens (primary N) is 1. The Kier molecular flexibility index (Phi) is 5.71. The molecule has 0 unspecified atom stereocenters. The molecular weight excluding hydrogens is 284 g/mol. The molecule has 0 aliphatic rings. The van der Waals surface area contributed by atoms with E-state index in [1.165, 1.54) is 19.3 Å². The molecule has 0 atom stereocenters. The van der Waals surface area contributed by atoms with Gasteiger partial charge in [0.2, 0.25) is 10.0 Å². The zero-order valence-electron chi connectivity index (χ0n) is 11.3. The van der Waals surface area contributed by atoms with E-state index in [2.05, 4.69) is 15.0 Å². The summed E-state index contributed by atoms with van der Waals surface area (Å²) in [6, 6.07) is 1.43. The van der Waals surface area contributed by atoms with Gasteiger partial charge in [0.1, 0.15) is 5.82 Å². The van der Waals surface area contributed by atoms with E-state index in [1.807, 2.05) is 0 Å². The number of carbonyl (C=O) groups excluding carboxylic acids is 1. The van der Waals surface area contributed by atoms with Crippen molar-refractivity contribution in [2.75, 3.05) is 37.0 Å². The van der Waals surface area contributed by atoms with Crippen molar-refractivity contribution in [3.8, 4) is 0 Å². The molecule has 0 amide bonds. The van der Waals surface area contributed by atoms with Crippen LogP contribution in [0.1, 0.15) is 17.3 Å². The second-order valence-electron chi connectivity index (χ2n) is 3.83. The first-order valence-corrected chi connectivity index (χ1v) is 7.62. The number of nitrogens with zero attached hydrogens (tertiary/aromatic N) is 1. The molecule has 0 radical (unpaired) electrons. The van der Waals surface area contributed by atoms with Gasteiger partial charge in [0.25, 0.3) is 0 Å². The minimum Gasteiger partial charge on any atom is -0.462 e. The van der Waals surface area contributed by atoms with Gasteiger partial charge in [0.15, 0.2) is 0 Å². The van der Waals surface area contributed by atoms with Crippen LogP contribution in [0.4, 0.5) is 11.5 Å². The first-order valence-electron chi connectivity index (χ1n) is 5.97. The molecule has 0 aliphatic heterocycles. The number of hydrogen-bond acceptors (Lipinski definition) is 7. The van der Waals surface area contributed by atoms with Crippen molar-refractivity contribution in [3.05, 3.63) is 17.8 Å². The van der Waals surface area contributed by atoms with Crippen LogP contribution in [-0.4, -0.2) is 45.3 Å². The van der Waals surface area contributed by atoms with Crippen LogP contribution < -0.4 is 15.8 Å². The van der Waals surface area contributed by atoms with Gasteiger partial charge < -0.3 is 15.8 Å². The Morgan fingerprint density at radius 2 is 2.20 bits per heavy atom. The summed E-state index contributed by atoms with van der Waals surface area (Å²) >= 11 is 0. The number of esters is 1. The molecule has 0 bridgehead atoms. The maximum Gasteiger partial charge on any atom is 0.340 e. The van der Waals surface area contributed by atoms with E-state index < -0.39 is 16.0 Å². The third-order valence-electron chi connectivity index (χ3n) is 2.42. The second-order valence-corrected chi connectivity index (χ2v) is 5.87. The molecule has 8 nitrogen and oxygen atoms in total. The van der Waals surface area contributed by atoms with E-state index in [1.54, 1.807) is 6.92 Å². The summed E-state index contributed by atoms with van der Waals surface area (Å²) in [5, 5.41) is 2.81. The molecule has 112 valence electrons. The third-order valence-corrected chi connectivity index (χ3v) is 3.78. The number of nitrogens with one attached hydrogen (secondary N) is 2. The zero-order chi connectivity index (χ0) is 15.2. The highest BCUT2D eigenvalue weighted by Crippen LogP contribution is 2.15. The van der Waals surface area contributed by atoms with Crippen molar-refractivity contribution < 1.29 is 17.9 Å². The highest BCUT2D eigenvalue weighted by atomic mass is 32.2. The highest BCUT2D eigenvalue weighted by Gasteiger charge is 2.13. The van der Waals surface area contributed by atoms with E-state index in [-0.39, 0.29) is 30.2 Å². The van der Waals surface area contributed by atoms with Gasteiger partial charge in [-0.3, -0.25) is 0 Å². The fourth-order valence-corrected chi connectivity index (χ4v) is 1.94. The van der Waals surface area contributed by atoms with Crippen molar-refractivity contribution in [2.45, 2.75) is 6.92 Å². The van der Waals surface area contributed by atoms with Crippen LogP contribution in [0.25, 0.3) is 0 Å². The summed E-state index contributed by atoms with van der Waals surface area (Å²) in [7, 11) is -1.95. The van der Waals surface area contributed by atoms with Crippen LogP contribution in [0.3, 0.4) is 0 Å². The van der Waals surface area contributed by atoms with Crippen LogP contribution in [0.15, 0.2) is 12.3 Å². The summed E-state index contributed by atoms with van der Waals surface area (Å²) in [6.07, 6.45) is 1.32. The van der Waals surface area contributed by atoms with Crippen molar-refractivity contribution in [1.29, 1.82) is 0 Å². The number of carbonyl (C=O) groups is 1. The Balaban J connectivity index is 2.73. The van der Waals surface area contributed by atoms with Gasteiger partial charge in [0.05, 0.1) is 29.8 Å². The summed E-state index contributed by atoms with van der Waals surface area (Å²) in [5.41, 5.74) is 6.04. The Labute approximate surface area is 117 Å². The molecule has 1 heterocycles. The first kappa shape index (κ1) is 16.2. The van der Waals surface area contributed by atoms with Crippen molar-refractivity contribution in [2.24, 2.45) is 0 Å². The summed E-state index contributed by atoms with van der Waals surface area (Å²) in [4.78, 5) is 15.6. The average Bonchev–Trinajstić information content (AvgIpc) is 2.40. The number of rotatable bonds is 7. The number of nitrogen functional groups attached to an aromatic ring is 1. The van der Waals surface area contributed by atoms with Crippen LogP contribution in [0, 0.1) is 0 Å². The van der Waals surface area contributed by atoms with Crippen LogP contribution in [0.5, 0.6) is 0 Å². The third kappa shape index (κ3) is 4.67. The molecule has 0 saturated heterocycles. The van der Waals surface area contributed by atoms with E-state index in [9.17, 15) is 13.2 Å². The standard InChI is InChI=1S/C11H18N4O4S/c1-3-19-11(16)8-6-10(15-7-9(8)12)14-4-5-20(17,18)13-2/h6-7,13H,3-5,12H2,1-2H3,(H,14,15). The second kappa shape index (κ2) is 7.06. The molecular formula is C11H18N4O4S. The molecule has 4 N–H and O–H groups in total. The number of sulfonamides is 1. The molecule has 0 aromatic carbocycles. The number of pyridine rings is 1. The lowest BCUT2D eigenvalue weighted by atomic mass is 10.2. The van der Waals surface area contributed by atoms with Crippen molar-refractivity contribution >= 4 is 27.5 Å². The monoisotopic (exact) mass is 302 g/mol. The van der Waals surface area contributed by atoms with Gasteiger partial charge in [-0.25, -0.2) is 22.9 Å². The Bertz CT molecular complexity index is 574. The average molecular weight is 302 g/mol. The SMILES string of the molecule is CCOC(=O)c1cc(NCCS(=O)(=O)NC)ncc1N. The minimum atomic E-state index is -3.29. The smallest absolute Gasteiger partial charge is 0.340 e. The lowest BCUT2D eigenvalue weighted by Gasteiger charge is -2.09. The topological polar surface area (TPSA) is 123 Å². The molecule has 1 rings (SSSR count). The predicted molar refractivity (Wildman–Crippen MR) is 75.9 cm³/mol.